The summed E-state index contributed by atoms with van der Waals surface area (Å²) in [4.78, 5) is 13.4. The van der Waals surface area contributed by atoms with E-state index in [0.29, 0.717) is 18.9 Å². The molecule has 2 heterocycles. The Hall–Kier alpha value is -3.09. The number of carbonyl (C=O) groups excluding carboxylic acids is 1. The molecule has 1 fully saturated rings. The Kier molecular flexibility index (Phi) is 7.49. The highest BCUT2D eigenvalue weighted by Crippen LogP contribution is 2.51. The van der Waals surface area contributed by atoms with E-state index in [0.717, 1.165) is 29.9 Å². The topological polar surface area (TPSA) is 44.8 Å². The van der Waals surface area contributed by atoms with Crippen LogP contribution in [0.2, 0.25) is 0 Å². The molecule has 6 rings (SSSR count). The van der Waals surface area contributed by atoms with Crippen LogP contribution >= 0.6 is 22.7 Å². The first kappa shape index (κ1) is 27.1. The highest BCUT2D eigenvalue weighted by atomic mass is 32.1. The molecule has 2 aliphatic carbocycles. The van der Waals surface area contributed by atoms with Crippen molar-refractivity contribution in [3.63, 3.8) is 0 Å². The zero-order chi connectivity index (χ0) is 27.9. The minimum atomic E-state index is -0.150. The van der Waals surface area contributed by atoms with Crippen LogP contribution in [0.15, 0.2) is 59.3 Å². The molecule has 0 bridgehead atoms. The Morgan fingerprint density at radius 2 is 1.93 bits per heavy atom. The lowest BCUT2D eigenvalue weighted by Crippen LogP contribution is -2.11. The van der Waals surface area contributed by atoms with Crippen LogP contribution in [0.4, 0.5) is 0 Å². The number of carbonyl (C=O) groups is 1. The van der Waals surface area contributed by atoms with Crippen molar-refractivity contribution >= 4 is 44.3 Å². The third-order valence-electron chi connectivity index (χ3n) is 8.49. The summed E-state index contributed by atoms with van der Waals surface area (Å²) in [6.45, 7) is 5.20. The van der Waals surface area contributed by atoms with Crippen LogP contribution in [-0.2, 0) is 16.1 Å². The van der Waals surface area contributed by atoms with Crippen LogP contribution in [0.1, 0.15) is 68.6 Å². The number of fused-ring (bicyclic) bond motifs is 1. The Bertz CT molecular complexity index is 1570. The van der Waals surface area contributed by atoms with Crippen molar-refractivity contribution in [2.75, 3.05) is 14.2 Å². The van der Waals surface area contributed by atoms with Crippen LogP contribution < -0.4 is 9.47 Å². The first-order valence-electron chi connectivity index (χ1n) is 14.0. The van der Waals surface area contributed by atoms with Gasteiger partial charge < -0.3 is 14.2 Å². The Balaban J connectivity index is 1.35. The normalized spacial score (nSPS) is 17.1. The quantitative estimate of drug-likeness (QED) is 0.178. The lowest BCUT2D eigenvalue weighted by Gasteiger charge is -2.25. The number of methoxy groups -OCH3 is 2. The average molecular weight is 573 g/mol. The van der Waals surface area contributed by atoms with E-state index in [1.54, 1.807) is 29.8 Å². The molecular formula is C34H36O4S2. The molecule has 1 atom stereocenters. The lowest BCUT2D eigenvalue weighted by atomic mass is 9.80. The molecule has 208 valence electrons. The van der Waals surface area contributed by atoms with Crippen molar-refractivity contribution in [2.24, 2.45) is 11.3 Å². The minimum Gasteiger partial charge on any atom is -0.497 e. The van der Waals surface area contributed by atoms with Gasteiger partial charge in [0.25, 0.3) is 0 Å². The first-order valence-corrected chi connectivity index (χ1v) is 15.8. The van der Waals surface area contributed by atoms with Crippen molar-refractivity contribution in [1.82, 2.24) is 0 Å². The highest BCUT2D eigenvalue weighted by molar-refractivity contribution is 7.17. The molecule has 0 spiro atoms. The van der Waals surface area contributed by atoms with Crippen LogP contribution in [0.5, 0.6) is 11.5 Å². The number of benzene rings is 2. The van der Waals surface area contributed by atoms with Crippen molar-refractivity contribution in [3.8, 4) is 21.9 Å². The molecule has 1 unspecified atom stereocenters. The van der Waals surface area contributed by atoms with E-state index in [9.17, 15) is 4.79 Å². The number of esters is 1. The third-order valence-corrected chi connectivity index (χ3v) is 10.4. The van der Waals surface area contributed by atoms with Gasteiger partial charge in [-0.15, -0.1) is 22.7 Å². The smallest absolute Gasteiger partial charge is 0.306 e. The van der Waals surface area contributed by atoms with Gasteiger partial charge in [-0.3, -0.25) is 4.79 Å². The van der Waals surface area contributed by atoms with Gasteiger partial charge in [-0.1, -0.05) is 32.1 Å². The fourth-order valence-corrected chi connectivity index (χ4v) is 8.03. The molecule has 0 saturated heterocycles. The summed E-state index contributed by atoms with van der Waals surface area (Å²) in [5, 5.41) is 5.69. The maximum atomic E-state index is 12.1. The van der Waals surface area contributed by atoms with Gasteiger partial charge in [0.15, 0.2) is 0 Å². The van der Waals surface area contributed by atoms with E-state index >= 15 is 0 Å². The van der Waals surface area contributed by atoms with Gasteiger partial charge in [0, 0.05) is 31.7 Å². The predicted molar refractivity (Wildman–Crippen MR) is 166 cm³/mol. The maximum absolute atomic E-state index is 12.1. The average Bonchev–Trinajstić information content (AvgIpc) is 3.36. The zero-order valence-corrected chi connectivity index (χ0v) is 25.3. The van der Waals surface area contributed by atoms with Crippen LogP contribution in [-0.4, -0.2) is 20.2 Å². The molecule has 2 aliphatic rings. The molecule has 4 aromatic rings. The molecular weight excluding hydrogens is 537 g/mol. The molecule has 1 saturated carbocycles. The summed E-state index contributed by atoms with van der Waals surface area (Å²) in [6.07, 6.45) is 7.42. The fourth-order valence-electron chi connectivity index (χ4n) is 6.09. The van der Waals surface area contributed by atoms with Gasteiger partial charge in [0.05, 0.1) is 20.6 Å². The molecule has 2 aromatic carbocycles. The summed E-state index contributed by atoms with van der Waals surface area (Å²) in [5.41, 5.74) is 6.42. The number of hydrogen-bond donors (Lipinski definition) is 0. The summed E-state index contributed by atoms with van der Waals surface area (Å²) >= 11 is 3.55. The fraction of sp³-hybridized carbons (Fsp3) is 0.382. The lowest BCUT2D eigenvalue weighted by molar-refractivity contribution is -0.141. The molecule has 0 amide bonds. The second-order valence-corrected chi connectivity index (χ2v) is 13.4. The van der Waals surface area contributed by atoms with E-state index in [2.05, 4.69) is 61.0 Å². The van der Waals surface area contributed by atoms with E-state index in [-0.39, 0.29) is 17.3 Å². The number of allylic oxidation sites excluding steroid dienone is 2. The summed E-state index contributed by atoms with van der Waals surface area (Å²) in [6, 6.07) is 14.8. The van der Waals surface area contributed by atoms with Crippen molar-refractivity contribution in [2.45, 2.75) is 58.5 Å². The van der Waals surface area contributed by atoms with Crippen LogP contribution in [0.25, 0.3) is 26.1 Å². The molecule has 6 heteroatoms. The van der Waals surface area contributed by atoms with Crippen LogP contribution in [0.3, 0.4) is 0 Å². The Morgan fingerprint density at radius 1 is 1.07 bits per heavy atom. The number of thiophene rings is 2. The zero-order valence-electron chi connectivity index (χ0n) is 23.6. The van der Waals surface area contributed by atoms with E-state index in [1.165, 1.54) is 57.2 Å². The summed E-state index contributed by atoms with van der Waals surface area (Å²) in [5.74, 6) is 2.31. The maximum Gasteiger partial charge on any atom is 0.306 e. The van der Waals surface area contributed by atoms with Gasteiger partial charge in [-0.25, -0.2) is 0 Å². The number of ether oxygens (including phenoxy) is 3. The van der Waals surface area contributed by atoms with Gasteiger partial charge in [-0.05, 0) is 95.2 Å². The minimum absolute atomic E-state index is 0.0997. The molecule has 0 N–H and O–H groups in total. The van der Waals surface area contributed by atoms with Gasteiger partial charge in [-0.2, -0.15) is 0 Å². The monoisotopic (exact) mass is 572 g/mol. The largest absolute Gasteiger partial charge is 0.497 e. The van der Waals surface area contributed by atoms with E-state index in [1.807, 2.05) is 12.1 Å². The van der Waals surface area contributed by atoms with Crippen molar-refractivity contribution in [1.29, 1.82) is 0 Å². The first-order chi connectivity index (χ1) is 19.4. The number of hydrogen-bond acceptors (Lipinski definition) is 6. The highest BCUT2D eigenvalue weighted by Gasteiger charge is 2.35. The predicted octanol–water partition coefficient (Wildman–Crippen LogP) is 9.48. The van der Waals surface area contributed by atoms with Crippen molar-refractivity contribution in [3.05, 3.63) is 76.0 Å². The second-order valence-electron chi connectivity index (χ2n) is 11.6. The molecule has 0 aliphatic heterocycles. The Labute approximate surface area is 244 Å². The summed E-state index contributed by atoms with van der Waals surface area (Å²) in [7, 11) is 3.21. The van der Waals surface area contributed by atoms with Gasteiger partial charge in [0.1, 0.15) is 18.1 Å². The van der Waals surface area contributed by atoms with Crippen LogP contribution in [0, 0.1) is 11.3 Å². The third kappa shape index (κ3) is 5.31. The Morgan fingerprint density at radius 3 is 2.65 bits per heavy atom. The van der Waals surface area contributed by atoms with Gasteiger partial charge in [0.2, 0.25) is 0 Å². The summed E-state index contributed by atoms with van der Waals surface area (Å²) < 4.78 is 18.4. The molecule has 0 radical (unpaired) electrons. The second kappa shape index (κ2) is 11.1. The van der Waals surface area contributed by atoms with Crippen molar-refractivity contribution < 1.29 is 19.0 Å². The van der Waals surface area contributed by atoms with E-state index in [4.69, 9.17) is 14.2 Å². The SMILES string of the molecule is COC(=O)CC(c1cccc(OCc2csc(-c3cc(OC)cc4sccc34)c2C2=CCCC2(C)C)c1)C1CC1. The standard InChI is InChI=1S/C34H36O4S2/c1-34(2)13-6-9-29(34)32-23(20-40-33(32)28-16-25(36-3)17-30-26(28)12-14-39-30)19-38-24-8-5-7-22(15-24)27(21-10-11-21)18-31(35)37-4/h5,7-9,12,14-17,20-21,27H,6,10-11,13,18-19H2,1-4H3. The van der Waals surface area contributed by atoms with Gasteiger partial charge >= 0.3 is 5.97 Å². The molecule has 2 aromatic heterocycles. The molecule has 4 nitrogen and oxygen atoms in total. The molecule has 40 heavy (non-hydrogen) atoms. The number of rotatable bonds is 10. The van der Waals surface area contributed by atoms with E-state index < -0.39 is 0 Å².